The van der Waals surface area contributed by atoms with E-state index in [4.69, 9.17) is 14.2 Å². The van der Waals surface area contributed by atoms with Crippen molar-refractivity contribution in [2.24, 2.45) is 0 Å². The van der Waals surface area contributed by atoms with E-state index < -0.39 is 12.2 Å². The third kappa shape index (κ3) is 10.2. The number of thioether (sulfide) groups is 2. The quantitative estimate of drug-likeness (QED) is 0.803. The van der Waals surface area contributed by atoms with Crippen LogP contribution in [0.1, 0.15) is 12.0 Å². The Morgan fingerprint density at radius 1 is 0.885 bits per heavy atom. The predicted octanol–water partition coefficient (Wildman–Crippen LogP) is 2.20. The minimum atomic E-state index is -0.460. The number of ether oxygens (including phenoxy) is 3. The number of aliphatic hydroxyl groups excluding tert-OH is 2. The van der Waals surface area contributed by atoms with Gasteiger partial charge >= 0.3 is 0 Å². The predicted molar refractivity (Wildman–Crippen MR) is 108 cm³/mol. The minimum Gasteiger partial charge on any atom is -0.390 e. The van der Waals surface area contributed by atoms with Crippen LogP contribution < -0.4 is 0 Å². The molecule has 1 heterocycles. The van der Waals surface area contributed by atoms with Crippen molar-refractivity contribution in [2.45, 2.75) is 31.3 Å². The van der Waals surface area contributed by atoms with Crippen molar-refractivity contribution in [1.82, 2.24) is 0 Å². The first-order valence-electron chi connectivity index (χ1n) is 9.06. The van der Waals surface area contributed by atoms with Crippen LogP contribution >= 0.6 is 23.5 Å². The van der Waals surface area contributed by atoms with E-state index in [1.165, 1.54) is 0 Å². The van der Waals surface area contributed by atoms with Crippen LogP contribution in [0.4, 0.5) is 0 Å². The molecule has 0 amide bonds. The van der Waals surface area contributed by atoms with Crippen molar-refractivity contribution in [3.63, 3.8) is 0 Å². The molecule has 0 aliphatic carbocycles. The zero-order chi connectivity index (χ0) is 18.5. The Bertz CT molecular complexity index is 443. The average molecular weight is 403 g/mol. The third-order valence-corrected chi connectivity index (χ3v) is 6.15. The molecule has 0 aromatic heterocycles. The molecule has 0 saturated carbocycles. The van der Waals surface area contributed by atoms with E-state index >= 15 is 0 Å². The van der Waals surface area contributed by atoms with E-state index in [0.717, 1.165) is 23.5 Å². The molecule has 0 bridgehead atoms. The second-order valence-corrected chi connectivity index (χ2v) is 8.60. The lowest BCUT2D eigenvalue weighted by molar-refractivity contribution is -0.0833. The van der Waals surface area contributed by atoms with Crippen LogP contribution in [0.15, 0.2) is 30.3 Å². The smallest absolute Gasteiger partial charge is 0.105 e. The van der Waals surface area contributed by atoms with Gasteiger partial charge in [0.25, 0.3) is 0 Å². The van der Waals surface area contributed by atoms with E-state index in [9.17, 15) is 10.2 Å². The minimum absolute atomic E-state index is 0.234. The fraction of sp³-hybridized carbons (Fsp3) is 0.684. The van der Waals surface area contributed by atoms with Gasteiger partial charge in [-0.2, -0.15) is 23.5 Å². The topological polar surface area (TPSA) is 68.2 Å². The third-order valence-electron chi connectivity index (χ3n) is 3.75. The van der Waals surface area contributed by atoms with Crippen molar-refractivity contribution in [2.75, 3.05) is 49.4 Å². The number of aliphatic hydroxyl groups is 2. The molecule has 2 atom stereocenters. The average Bonchev–Trinajstić information content (AvgIpc) is 2.65. The number of hydrogen-bond acceptors (Lipinski definition) is 7. The number of hydrogen-bond donors (Lipinski definition) is 2. The van der Waals surface area contributed by atoms with Crippen LogP contribution in [0, 0.1) is 0 Å². The fourth-order valence-electron chi connectivity index (χ4n) is 2.40. The summed E-state index contributed by atoms with van der Waals surface area (Å²) < 4.78 is 17.2. The highest BCUT2D eigenvalue weighted by molar-refractivity contribution is 8.00. The first-order chi connectivity index (χ1) is 12.7. The molecule has 0 radical (unpaired) electrons. The molecule has 7 heteroatoms. The van der Waals surface area contributed by atoms with Gasteiger partial charge in [0.2, 0.25) is 0 Å². The van der Waals surface area contributed by atoms with E-state index in [0.29, 0.717) is 44.5 Å². The number of rotatable bonds is 3. The molecule has 2 unspecified atom stereocenters. The lowest BCUT2D eigenvalue weighted by Crippen LogP contribution is -2.30. The molecule has 1 aliphatic heterocycles. The summed E-state index contributed by atoms with van der Waals surface area (Å²) in [6, 6.07) is 9.96. The van der Waals surface area contributed by atoms with Crippen LogP contribution in [0.2, 0.25) is 0 Å². The molecular weight excluding hydrogens is 372 g/mol. The van der Waals surface area contributed by atoms with Gasteiger partial charge in [-0.25, -0.2) is 0 Å². The highest BCUT2D eigenvalue weighted by atomic mass is 32.2. The summed E-state index contributed by atoms with van der Waals surface area (Å²) in [6.07, 6.45) is -0.0785. The summed E-state index contributed by atoms with van der Waals surface area (Å²) >= 11 is 3.49. The molecule has 26 heavy (non-hydrogen) atoms. The first kappa shape index (κ1) is 22.0. The summed E-state index contributed by atoms with van der Waals surface area (Å²) in [6.45, 7) is 1.80. The van der Waals surface area contributed by atoms with Crippen LogP contribution in [0.25, 0.3) is 0 Å². The van der Waals surface area contributed by atoms with Crippen molar-refractivity contribution in [1.29, 1.82) is 0 Å². The van der Waals surface area contributed by atoms with Crippen molar-refractivity contribution in [3.8, 4) is 0 Å². The Kier molecular flexibility index (Phi) is 11.7. The van der Waals surface area contributed by atoms with Gasteiger partial charge in [0, 0.05) is 11.5 Å². The summed E-state index contributed by atoms with van der Waals surface area (Å²) in [4.78, 5) is 0. The highest BCUT2D eigenvalue weighted by Gasteiger charge is 2.14. The molecule has 0 spiro atoms. The Morgan fingerprint density at radius 2 is 1.46 bits per heavy atom. The van der Waals surface area contributed by atoms with E-state index in [-0.39, 0.29) is 6.10 Å². The molecule has 1 aromatic carbocycles. The van der Waals surface area contributed by atoms with Crippen LogP contribution in [-0.2, 0) is 20.8 Å². The Hall–Kier alpha value is -0.280. The van der Waals surface area contributed by atoms with Crippen LogP contribution in [0.3, 0.4) is 0 Å². The van der Waals surface area contributed by atoms with Gasteiger partial charge in [0.1, 0.15) is 6.10 Å². The zero-order valence-electron chi connectivity index (χ0n) is 15.1. The maximum absolute atomic E-state index is 9.99. The summed E-state index contributed by atoms with van der Waals surface area (Å²) in [5, 5.41) is 20.0. The summed E-state index contributed by atoms with van der Waals surface area (Å²) in [5.41, 5.74) is 1.09. The molecule has 5 nitrogen and oxygen atoms in total. The standard InChI is InChI=1S/C19H30O5S2/c20-17-10-22-12-19(24-9-16-5-2-1-3-6-16)13-23-11-18(21)15-26-8-4-7-25-14-17/h1-3,5-6,17-21H,4,7-15H2. The maximum atomic E-state index is 9.99. The fourth-order valence-corrected chi connectivity index (χ4v) is 4.35. The summed E-state index contributed by atoms with van der Waals surface area (Å²) in [7, 11) is 0. The molecule has 148 valence electrons. The molecule has 2 N–H and O–H groups in total. The lowest BCUT2D eigenvalue weighted by Gasteiger charge is -2.21. The van der Waals surface area contributed by atoms with Gasteiger partial charge in [-0.3, -0.25) is 0 Å². The molecule has 1 fully saturated rings. The molecule has 1 aliphatic rings. The van der Waals surface area contributed by atoms with Gasteiger partial charge in [-0.05, 0) is 23.5 Å². The number of benzene rings is 1. The molecular formula is C19H30O5S2. The lowest BCUT2D eigenvalue weighted by atomic mass is 10.2. The second kappa shape index (κ2) is 13.8. The van der Waals surface area contributed by atoms with E-state index in [1.54, 1.807) is 23.5 Å². The van der Waals surface area contributed by atoms with Crippen LogP contribution in [0.5, 0.6) is 0 Å². The van der Waals surface area contributed by atoms with Gasteiger partial charge in [0.05, 0.1) is 45.2 Å². The maximum Gasteiger partial charge on any atom is 0.105 e. The van der Waals surface area contributed by atoms with E-state index in [1.807, 2.05) is 30.3 Å². The largest absolute Gasteiger partial charge is 0.390 e. The van der Waals surface area contributed by atoms with E-state index in [2.05, 4.69) is 0 Å². The van der Waals surface area contributed by atoms with Gasteiger partial charge in [0.15, 0.2) is 0 Å². The van der Waals surface area contributed by atoms with Gasteiger partial charge in [-0.15, -0.1) is 0 Å². The highest BCUT2D eigenvalue weighted by Crippen LogP contribution is 2.12. The molecule has 1 aromatic rings. The zero-order valence-corrected chi connectivity index (χ0v) is 16.8. The van der Waals surface area contributed by atoms with Gasteiger partial charge < -0.3 is 24.4 Å². The Labute approximate surface area is 164 Å². The first-order valence-corrected chi connectivity index (χ1v) is 11.4. The second-order valence-electron chi connectivity index (χ2n) is 6.30. The molecule has 2 rings (SSSR count). The van der Waals surface area contributed by atoms with Crippen molar-refractivity contribution in [3.05, 3.63) is 35.9 Å². The SMILES string of the molecule is OC1COCC(OCc2ccccc2)COCC(O)CSCCCSC1. The van der Waals surface area contributed by atoms with Crippen molar-refractivity contribution >= 4 is 23.5 Å². The Balaban J connectivity index is 1.81. The van der Waals surface area contributed by atoms with Crippen LogP contribution in [-0.4, -0.2) is 78.0 Å². The monoisotopic (exact) mass is 402 g/mol. The van der Waals surface area contributed by atoms with Gasteiger partial charge in [-0.1, -0.05) is 30.3 Å². The van der Waals surface area contributed by atoms with Crippen molar-refractivity contribution < 1.29 is 24.4 Å². The Morgan fingerprint density at radius 3 is 2.04 bits per heavy atom. The molecule has 1 saturated heterocycles. The summed E-state index contributed by atoms with van der Waals surface area (Å²) in [5.74, 6) is 3.39. The normalized spacial score (nSPS) is 27.8.